The number of benzene rings is 2. The van der Waals surface area contributed by atoms with Gasteiger partial charge in [0.05, 0.1) is 16.5 Å². The molecule has 0 aliphatic rings. The molecule has 2 aromatic carbocycles. The van der Waals surface area contributed by atoms with Crippen LogP contribution in [0, 0.1) is 0 Å². The Kier molecular flexibility index (Phi) is 3.78. The SMILES string of the molecule is Cn1cnc(S(=O)(=O)Nc2ccc(-c3nc4ccccc4s3)cc2)c1. The normalized spacial score (nSPS) is 11.7. The highest BCUT2D eigenvalue weighted by Crippen LogP contribution is 2.30. The lowest BCUT2D eigenvalue weighted by Gasteiger charge is -2.06. The van der Waals surface area contributed by atoms with E-state index < -0.39 is 10.0 Å². The van der Waals surface area contributed by atoms with Crippen LogP contribution in [0.1, 0.15) is 0 Å². The molecule has 0 unspecified atom stereocenters. The molecule has 0 aliphatic carbocycles. The highest BCUT2D eigenvalue weighted by atomic mass is 32.2. The second-order valence-electron chi connectivity index (χ2n) is 5.55. The topological polar surface area (TPSA) is 76.9 Å². The maximum absolute atomic E-state index is 12.3. The molecular weight excluding hydrogens is 356 g/mol. The van der Waals surface area contributed by atoms with Crippen LogP contribution in [-0.2, 0) is 17.1 Å². The number of anilines is 1. The van der Waals surface area contributed by atoms with Gasteiger partial charge in [-0.3, -0.25) is 4.72 Å². The zero-order valence-electron chi connectivity index (χ0n) is 13.2. The Morgan fingerprint density at radius 2 is 1.84 bits per heavy atom. The number of aromatic nitrogens is 3. The van der Waals surface area contributed by atoms with Gasteiger partial charge in [-0.25, -0.2) is 9.97 Å². The summed E-state index contributed by atoms with van der Waals surface area (Å²) in [5.41, 5.74) is 2.39. The molecule has 0 amide bonds. The van der Waals surface area contributed by atoms with Gasteiger partial charge in [0.1, 0.15) is 5.01 Å². The van der Waals surface area contributed by atoms with E-state index in [-0.39, 0.29) is 5.03 Å². The fourth-order valence-electron chi connectivity index (χ4n) is 2.41. The minimum atomic E-state index is -3.69. The van der Waals surface area contributed by atoms with Crippen molar-refractivity contribution in [1.82, 2.24) is 14.5 Å². The summed E-state index contributed by atoms with van der Waals surface area (Å²) >= 11 is 1.61. The van der Waals surface area contributed by atoms with E-state index in [4.69, 9.17) is 0 Å². The summed E-state index contributed by atoms with van der Waals surface area (Å²) < 4.78 is 29.8. The molecule has 4 rings (SSSR count). The number of nitrogens with zero attached hydrogens (tertiary/aromatic N) is 3. The van der Waals surface area contributed by atoms with Gasteiger partial charge in [0.25, 0.3) is 10.0 Å². The number of aryl methyl sites for hydroxylation is 1. The molecule has 4 aromatic rings. The number of sulfonamides is 1. The van der Waals surface area contributed by atoms with Crippen LogP contribution >= 0.6 is 11.3 Å². The van der Waals surface area contributed by atoms with E-state index in [0.29, 0.717) is 5.69 Å². The zero-order chi connectivity index (χ0) is 17.4. The van der Waals surface area contributed by atoms with Gasteiger partial charge in [-0.2, -0.15) is 8.42 Å². The maximum atomic E-state index is 12.3. The second kappa shape index (κ2) is 5.98. The van der Waals surface area contributed by atoms with Crippen LogP contribution in [-0.4, -0.2) is 23.0 Å². The molecule has 8 heteroatoms. The molecule has 0 saturated heterocycles. The van der Waals surface area contributed by atoms with Gasteiger partial charge >= 0.3 is 0 Å². The van der Waals surface area contributed by atoms with E-state index in [1.165, 1.54) is 12.5 Å². The van der Waals surface area contributed by atoms with Gasteiger partial charge in [-0.1, -0.05) is 12.1 Å². The molecule has 0 aliphatic heterocycles. The summed E-state index contributed by atoms with van der Waals surface area (Å²) in [4.78, 5) is 8.48. The predicted octanol–water partition coefficient (Wildman–Crippen LogP) is 3.50. The monoisotopic (exact) mass is 370 g/mol. The molecule has 0 radical (unpaired) electrons. The van der Waals surface area contributed by atoms with Crippen molar-refractivity contribution in [2.24, 2.45) is 7.05 Å². The lowest BCUT2D eigenvalue weighted by molar-refractivity contribution is 0.598. The molecular formula is C17H14N4O2S2. The Balaban J connectivity index is 1.59. The average molecular weight is 370 g/mol. The number of imidazole rings is 1. The Morgan fingerprint density at radius 1 is 1.08 bits per heavy atom. The summed E-state index contributed by atoms with van der Waals surface area (Å²) in [7, 11) is -1.96. The van der Waals surface area contributed by atoms with Crippen molar-refractivity contribution in [2.45, 2.75) is 5.03 Å². The first-order chi connectivity index (χ1) is 12.0. The number of hydrogen-bond donors (Lipinski definition) is 1. The minimum Gasteiger partial charge on any atom is -0.339 e. The molecule has 0 bridgehead atoms. The molecule has 0 fully saturated rings. The molecule has 0 saturated carbocycles. The van der Waals surface area contributed by atoms with Gasteiger partial charge < -0.3 is 4.57 Å². The number of hydrogen-bond acceptors (Lipinski definition) is 5. The van der Waals surface area contributed by atoms with Gasteiger partial charge in [0.2, 0.25) is 0 Å². The molecule has 0 atom stereocenters. The average Bonchev–Trinajstić information content (AvgIpc) is 3.21. The van der Waals surface area contributed by atoms with Crippen LogP contribution in [0.2, 0.25) is 0 Å². The highest BCUT2D eigenvalue weighted by molar-refractivity contribution is 7.92. The van der Waals surface area contributed by atoms with E-state index in [1.54, 1.807) is 35.1 Å². The first-order valence-corrected chi connectivity index (χ1v) is 9.78. The number of rotatable bonds is 4. The van der Waals surface area contributed by atoms with Gasteiger partial charge in [0.15, 0.2) is 5.03 Å². The molecule has 2 heterocycles. The minimum absolute atomic E-state index is 0.00903. The standard InChI is InChI=1S/C17H14N4O2S2/c1-21-10-16(18-11-21)25(22,23)20-13-8-6-12(7-9-13)17-19-14-4-2-3-5-15(14)24-17/h2-11,20H,1H3. The van der Waals surface area contributed by atoms with Crippen molar-refractivity contribution in [3.05, 3.63) is 61.1 Å². The van der Waals surface area contributed by atoms with E-state index in [9.17, 15) is 8.42 Å². The molecule has 126 valence electrons. The van der Waals surface area contributed by atoms with Crippen molar-refractivity contribution >= 4 is 37.3 Å². The van der Waals surface area contributed by atoms with Gasteiger partial charge in [-0.05, 0) is 36.4 Å². The molecule has 2 aromatic heterocycles. The molecule has 0 spiro atoms. The predicted molar refractivity (Wildman–Crippen MR) is 99.1 cm³/mol. The highest BCUT2D eigenvalue weighted by Gasteiger charge is 2.17. The summed E-state index contributed by atoms with van der Waals surface area (Å²) in [6, 6.07) is 15.1. The maximum Gasteiger partial charge on any atom is 0.280 e. The van der Waals surface area contributed by atoms with Crippen LogP contribution in [0.25, 0.3) is 20.8 Å². The van der Waals surface area contributed by atoms with Gasteiger partial charge in [0, 0.05) is 24.5 Å². The summed E-state index contributed by atoms with van der Waals surface area (Å²) in [5, 5.41) is 0.894. The van der Waals surface area contributed by atoms with E-state index >= 15 is 0 Å². The van der Waals surface area contributed by atoms with Crippen molar-refractivity contribution in [1.29, 1.82) is 0 Å². The summed E-state index contributed by atoms with van der Waals surface area (Å²) in [5.74, 6) is 0. The van der Waals surface area contributed by atoms with Crippen molar-refractivity contribution < 1.29 is 8.42 Å². The Morgan fingerprint density at radius 3 is 2.52 bits per heavy atom. The van der Waals surface area contributed by atoms with Crippen LogP contribution in [0.3, 0.4) is 0 Å². The summed E-state index contributed by atoms with van der Waals surface area (Å²) in [6.45, 7) is 0. The van der Waals surface area contributed by atoms with E-state index in [1.807, 2.05) is 36.4 Å². The molecule has 6 nitrogen and oxygen atoms in total. The van der Waals surface area contributed by atoms with E-state index in [2.05, 4.69) is 14.7 Å². The first kappa shape index (κ1) is 15.8. The van der Waals surface area contributed by atoms with Crippen LogP contribution in [0.15, 0.2) is 66.1 Å². The lowest BCUT2D eigenvalue weighted by atomic mass is 10.2. The molecule has 25 heavy (non-hydrogen) atoms. The number of fused-ring (bicyclic) bond motifs is 1. The number of thiazole rings is 1. The Labute approximate surface area is 148 Å². The number of para-hydroxylation sites is 1. The van der Waals surface area contributed by atoms with Crippen LogP contribution < -0.4 is 4.72 Å². The Bertz CT molecular complexity index is 1110. The fraction of sp³-hybridized carbons (Fsp3) is 0.0588. The van der Waals surface area contributed by atoms with Crippen molar-refractivity contribution in [2.75, 3.05) is 4.72 Å². The molecule has 1 N–H and O–H groups in total. The third-order valence-corrected chi connectivity index (χ3v) is 5.99. The summed E-state index contributed by atoms with van der Waals surface area (Å²) in [6.07, 6.45) is 2.91. The van der Waals surface area contributed by atoms with Crippen LogP contribution in [0.5, 0.6) is 0 Å². The van der Waals surface area contributed by atoms with Crippen molar-refractivity contribution in [3.63, 3.8) is 0 Å². The van der Waals surface area contributed by atoms with Crippen LogP contribution in [0.4, 0.5) is 5.69 Å². The smallest absolute Gasteiger partial charge is 0.280 e. The largest absolute Gasteiger partial charge is 0.339 e. The lowest BCUT2D eigenvalue weighted by Crippen LogP contribution is -2.13. The Hall–Kier alpha value is -2.71. The van der Waals surface area contributed by atoms with Gasteiger partial charge in [-0.15, -0.1) is 11.3 Å². The quantitative estimate of drug-likeness (QED) is 0.596. The first-order valence-electron chi connectivity index (χ1n) is 7.48. The zero-order valence-corrected chi connectivity index (χ0v) is 14.9. The second-order valence-corrected chi connectivity index (χ2v) is 8.21. The third-order valence-electron chi connectivity index (χ3n) is 3.63. The van der Waals surface area contributed by atoms with E-state index in [0.717, 1.165) is 20.8 Å². The fourth-order valence-corrected chi connectivity index (χ4v) is 4.42. The third kappa shape index (κ3) is 3.13. The number of nitrogens with one attached hydrogen (secondary N) is 1. The van der Waals surface area contributed by atoms with Crippen molar-refractivity contribution in [3.8, 4) is 10.6 Å².